The molecular weight excluding hydrogens is 366 g/mol. The maximum absolute atomic E-state index is 11.9. The van der Waals surface area contributed by atoms with Crippen molar-refractivity contribution >= 4 is 22.8 Å². The predicted molar refractivity (Wildman–Crippen MR) is 101 cm³/mol. The summed E-state index contributed by atoms with van der Waals surface area (Å²) in [5.41, 5.74) is 3.59. The lowest BCUT2D eigenvalue weighted by atomic mass is 10.1. The van der Waals surface area contributed by atoms with Gasteiger partial charge >= 0.3 is 6.01 Å². The van der Waals surface area contributed by atoms with Crippen LogP contribution >= 0.6 is 11.6 Å². The molecule has 0 N–H and O–H groups in total. The molecule has 6 nitrogen and oxygen atoms in total. The Morgan fingerprint density at radius 3 is 2.56 bits per heavy atom. The highest BCUT2D eigenvalue weighted by Gasteiger charge is 2.15. The second kappa shape index (κ2) is 6.55. The zero-order chi connectivity index (χ0) is 19.1. The van der Waals surface area contributed by atoms with Crippen molar-refractivity contribution in [2.45, 2.75) is 20.8 Å². The normalized spacial score (nSPS) is 11.1. The third-order valence-corrected chi connectivity index (χ3v) is 4.66. The van der Waals surface area contributed by atoms with E-state index in [-0.39, 0.29) is 11.8 Å². The third kappa shape index (κ3) is 3.19. The maximum atomic E-state index is 11.9. The first-order chi connectivity index (χ1) is 12.9. The van der Waals surface area contributed by atoms with Gasteiger partial charge in [-0.2, -0.15) is 4.98 Å². The van der Waals surface area contributed by atoms with Gasteiger partial charge < -0.3 is 9.15 Å². The zero-order valence-corrected chi connectivity index (χ0v) is 15.7. The lowest BCUT2D eigenvalue weighted by Gasteiger charge is -2.07. The van der Waals surface area contributed by atoms with Gasteiger partial charge in [-0.15, -0.1) is 0 Å². The highest BCUT2D eigenvalue weighted by molar-refractivity contribution is 6.31. The highest BCUT2D eigenvalue weighted by Crippen LogP contribution is 2.32. The number of ether oxygens (including phenoxy) is 1. The van der Waals surface area contributed by atoms with Gasteiger partial charge in [-0.05, 0) is 56.2 Å². The predicted octanol–water partition coefficient (Wildman–Crippen LogP) is 5.80. The first-order valence-electron chi connectivity index (χ1n) is 8.27. The van der Waals surface area contributed by atoms with E-state index in [4.69, 9.17) is 20.8 Å². The minimum Gasteiger partial charge on any atom is -0.424 e. The Kier molecular flexibility index (Phi) is 4.20. The second-order valence-electron chi connectivity index (χ2n) is 6.27. The smallest absolute Gasteiger partial charge is 0.325 e. The lowest BCUT2D eigenvalue weighted by molar-refractivity contribution is 0.348. The van der Waals surface area contributed by atoms with E-state index in [1.165, 1.54) is 6.20 Å². The van der Waals surface area contributed by atoms with Gasteiger partial charge in [0.15, 0.2) is 5.75 Å². The van der Waals surface area contributed by atoms with Gasteiger partial charge in [0.25, 0.3) is 5.71 Å². The molecular formula is C20H15ClN3O3. The number of benzene rings is 2. The van der Waals surface area contributed by atoms with Crippen LogP contribution in [0.15, 0.2) is 40.9 Å². The fraction of sp³-hybridized carbons (Fsp3) is 0.150. The average molecular weight is 381 g/mol. The van der Waals surface area contributed by atoms with Crippen molar-refractivity contribution in [2.75, 3.05) is 0 Å². The molecule has 0 aliphatic carbocycles. The van der Waals surface area contributed by atoms with Crippen molar-refractivity contribution in [3.05, 3.63) is 58.2 Å². The minimum absolute atomic E-state index is 0.0160. The van der Waals surface area contributed by atoms with Crippen LogP contribution in [0.3, 0.4) is 0 Å². The first kappa shape index (κ1) is 17.3. The van der Waals surface area contributed by atoms with Crippen LogP contribution in [-0.2, 0) is 5.11 Å². The molecule has 27 heavy (non-hydrogen) atoms. The Balaban J connectivity index is 1.71. The molecule has 0 saturated carbocycles. The SMILES string of the molecule is Cc1cc(-c2nc3cnc(Oc4cccc(Cl)c4C)nc3o2)cc(C)c1[O]. The first-order valence-corrected chi connectivity index (χ1v) is 8.65. The Labute approximate surface area is 160 Å². The molecule has 0 saturated heterocycles. The molecule has 0 aliphatic heterocycles. The largest absolute Gasteiger partial charge is 0.424 e. The number of halogens is 1. The van der Waals surface area contributed by atoms with E-state index in [9.17, 15) is 5.11 Å². The molecule has 135 valence electrons. The van der Waals surface area contributed by atoms with Crippen molar-refractivity contribution in [1.82, 2.24) is 15.0 Å². The molecule has 1 radical (unpaired) electrons. The topological polar surface area (TPSA) is 80.9 Å². The summed E-state index contributed by atoms with van der Waals surface area (Å²) in [5.74, 6) is 0.961. The molecule has 0 aliphatic rings. The molecule has 4 aromatic rings. The Morgan fingerprint density at radius 1 is 1.07 bits per heavy atom. The van der Waals surface area contributed by atoms with Gasteiger partial charge in [0.2, 0.25) is 5.89 Å². The van der Waals surface area contributed by atoms with Crippen LogP contribution in [0.4, 0.5) is 0 Å². The van der Waals surface area contributed by atoms with Crippen molar-refractivity contribution in [3.63, 3.8) is 0 Å². The van der Waals surface area contributed by atoms with Gasteiger partial charge in [-0.3, -0.25) is 5.11 Å². The summed E-state index contributed by atoms with van der Waals surface area (Å²) < 4.78 is 11.5. The van der Waals surface area contributed by atoms with Crippen molar-refractivity contribution in [2.24, 2.45) is 0 Å². The van der Waals surface area contributed by atoms with E-state index in [0.29, 0.717) is 39.0 Å². The summed E-state index contributed by atoms with van der Waals surface area (Å²) in [7, 11) is 0. The highest BCUT2D eigenvalue weighted by atomic mass is 35.5. The second-order valence-corrected chi connectivity index (χ2v) is 6.67. The summed E-state index contributed by atoms with van der Waals surface area (Å²) in [6.45, 7) is 5.38. The molecule has 2 aromatic heterocycles. The number of hydrogen-bond donors (Lipinski definition) is 0. The van der Waals surface area contributed by atoms with Crippen LogP contribution < -0.4 is 4.74 Å². The van der Waals surface area contributed by atoms with E-state index < -0.39 is 0 Å². The van der Waals surface area contributed by atoms with E-state index >= 15 is 0 Å². The number of nitrogens with zero attached hydrogens (tertiary/aromatic N) is 3. The third-order valence-electron chi connectivity index (χ3n) is 4.26. The van der Waals surface area contributed by atoms with Crippen molar-refractivity contribution in [1.29, 1.82) is 0 Å². The number of hydrogen-bond acceptors (Lipinski definition) is 5. The van der Waals surface area contributed by atoms with Crippen LogP contribution in [-0.4, -0.2) is 15.0 Å². The van der Waals surface area contributed by atoms with Crippen LogP contribution in [0.2, 0.25) is 5.02 Å². The van der Waals surface area contributed by atoms with Crippen LogP contribution in [0.25, 0.3) is 22.7 Å². The van der Waals surface area contributed by atoms with Gasteiger partial charge in [-0.1, -0.05) is 17.7 Å². The van der Waals surface area contributed by atoms with Gasteiger partial charge in [0.1, 0.15) is 11.3 Å². The molecule has 7 heteroatoms. The monoisotopic (exact) mass is 380 g/mol. The number of oxazole rings is 1. The van der Waals surface area contributed by atoms with E-state index in [0.717, 1.165) is 11.1 Å². The standard InChI is InChI=1S/C20H15ClN3O3/c1-10-7-13(8-11(2)17(10)25)18-23-15-9-22-20(24-19(15)27-18)26-16-6-4-5-14(21)12(16)3/h4-9H,1-3H3. The number of fused-ring (bicyclic) bond motifs is 1. The van der Waals surface area contributed by atoms with Crippen LogP contribution in [0.5, 0.6) is 17.5 Å². The summed E-state index contributed by atoms with van der Waals surface area (Å²) in [6.07, 6.45) is 1.53. The van der Waals surface area contributed by atoms with Crippen LogP contribution in [0, 0.1) is 20.8 Å². The summed E-state index contributed by atoms with van der Waals surface area (Å²) in [6, 6.07) is 9.00. The Morgan fingerprint density at radius 2 is 1.81 bits per heavy atom. The summed E-state index contributed by atoms with van der Waals surface area (Å²) >= 11 is 6.11. The number of aryl methyl sites for hydroxylation is 2. The average Bonchev–Trinajstić information content (AvgIpc) is 3.06. The molecule has 2 aromatic carbocycles. The van der Waals surface area contributed by atoms with Crippen LogP contribution in [0.1, 0.15) is 16.7 Å². The minimum atomic E-state index is 0.0160. The number of aromatic nitrogens is 3. The van der Waals surface area contributed by atoms with Gasteiger partial charge in [0.05, 0.1) is 6.20 Å². The molecule has 0 amide bonds. The molecule has 0 bridgehead atoms. The van der Waals surface area contributed by atoms with E-state index in [1.54, 1.807) is 44.2 Å². The Hall–Kier alpha value is -3.12. The summed E-state index contributed by atoms with van der Waals surface area (Å²) in [4.78, 5) is 12.9. The van der Waals surface area contributed by atoms with E-state index in [2.05, 4.69) is 15.0 Å². The van der Waals surface area contributed by atoms with Gasteiger partial charge in [-0.25, -0.2) is 9.97 Å². The van der Waals surface area contributed by atoms with Gasteiger partial charge in [0, 0.05) is 16.1 Å². The molecule has 0 atom stereocenters. The number of rotatable bonds is 3. The summed E-state index contributed by atoms with van der Waals surface area (Å²) in [5, 5.41) is 12.5. The fourth-order valence-corrected chi connectivity index (χ4v) is 2.93. The molecule has 4 rings (SSSR count). The molecule has 2 heterocycles. The zero-order valence-electron chi connectivity index (χ0n) is 14.9. The van der Waals surface area contributed by atoms with E-state index in [1.807, 2.05) is 6.92 Å². The molecule has 0 spiro atoms. The maximum Gasteiger partial charge on any atom is 0.325 e. The fourth-order valence-electron chi connectivity index (χ4n) is 2.76. The lowest BCUT2D eigenvalue weighted by Crippen LogP contribution is -1.93. The van der Waals surface area contributed by atoms with Crippen molar-refractivity contribution in [3.8, 4) is 29.0 Å². The van der Waals surface area contributed by atoms with Crippen molar-refractivity contribution < 1.29 is 14.3 Å². The molecule has 0 fully saturated rings. The Bertz CT molecular complexity index is 1150. The quantitative estimate of drug-likeness (QED) is 0.448. The molecule has 0 unspecified atom stereocenters.